The van der Waals surface area contributed by atoms with Crippen molar-refractivity contribution >= 4 is 0 Å². The third kappa shape index (κ3) is 2.08. The zero-order valence-corrected chi connectivity index (χ0v) is 8.32. The number of hydrogen-bond acceptors (Lipinski definition) is 2. The molecule has 0 spiro atoms. The molecule has 0 amide bonds. The summed E-state index contributed by atoms with van der Waals surface area (Å²) >= 11 is 0. The molecule has 14 heavy (non-hydrogen) atoms. The maximum absolute atomic E-state index is 5.60. The van der Waals surface area contributed by atoms with E-state index >= 15 is 0 Å². The maximum atomic E-state index is 5.60. The zero-order valence-electron chi connectivity index (χ0n) is 8.32. The first kappa shape index (κ1) is 9.13. The second-order valence-electron chi connectivity index (χ2n) is 3.35. The smallest absolute Gasteiger partial charge is 0.104 e. The van der Waals surface area contributed by atoms with Gasteiger partial charge in [-0.05, 0) is 30.2 Å². The maximum Gasteiger partial charge on any atom is 0.104 e. The summed E-state index contributed by atoms with van der Waals surface area (Å²) in [5.74, 6) is 2.12. The number of furan rings is 2. The van der Waals surface area contributed by atoms with Crippen LogP contribution in [0.5, 0.6) is 0 Å². The average Bonchev–Trinajstić information content (AvgIpc) is 2.86. The molecule has 2 heteroatoms. The molecule has 0 radical (unpaired) electrons. The molecule has 0 saturated heterocycles. The third-order valence-corrected chi connectivity index (χ3v) is 2.31. The lowest BCUT2D eigenvalue weighted by Crippen LogP contribution is -1.86. The first-order valence-electron chi connectivity index (χ1n) is 4.97. The van der Waals surface area contributed by atoms with Crippen LogP contribution in [-0.2, 0) is 19.3 Å². The minimum Gasteiger partial charge on any atom is -0.472 e. The van der Waals surface area contributed by atoms with E-state index in [4.69, 9.17) is 8.83 Å². The average molecular weight is 190 g/mol. The minimum absolute atomic E-state index is 0.944. The molecule has 0 aliphatic carbocycles. The summed E-state index contributed by atoms with van der Waals surface area (Å²) in [6.07, 6.45) is 6.37. The second kappa shape index (κ2) is 4.18. The Morgan fingerprint density at radius 1 is 1.07 bits per heavy atom. The highest BCUT2D eigenvalue weighted by molar-refractivity contribution is 5.11. The van der Waals surface area contributed by atoms with Crippen molar-refractivity contribution in [3.05, 3.63) is 47.8 Å². The van der Waals surface area contributed by atoms with Gasteiger partial charge in [0.05, 0.1) is 12.5 Å². The molecule has 0 aliphatic rings. The summed E-state index contributed by atoms with van der Waals surface area (Å²) in [6, 6.07) is 6.09. The lowest BCUT2D eigenvalue weighted by atomic mass is 10.1. The first-order valence-corrected chi connectivity index (χ1v) is 4.97. The predicted octanol–water partition coefficient (Wildman–Crippen LogP) is 3.22. The fourth-order valence-electron chi connectivity index (χ4n) is 1.45. The normalized spacial score (nSPS) is 10.6. The van der Waals surface area contributed by atoms with Crippen LogP contribution in [0.3, 0.4) is 0 Å². The summed E-state index contributed by atoms with van der Waals surface area (Å²) in [5.41, 5.74) is 1.22. The summed E-state index contributed by atoms with van der Waals surface area (Å²) in [4.78, 5) is 0. The molecule has 2 nitrogen and oxygen atoms in total. The van der Waals surface area contributed by atoms with Crippen molar-refractivity contribution in [1.29, 1.82) is 0 Å². The van der Waals surface area contributed by atoms with Crippen molar-refractivity contribution in [1.82, 2.24) is 0 Å². The standard InChI is InChI=1S/C12H14O2/c1-2-11-5-6-12(14-11)4-3-10-7-8-13-9-10/h5-9H,2-4H2,1H3. The quantitative estimate of drug-likeness (QED) is 0.739. The molecule has 0 saturated carbocycles. The number of rotatable bonds is 4. The van der Waals surface area contributed by atoms with E-state index in [1.165, 1.54) is 5.56 Å². The number of hydrogen-bond donors (Lipinski definition) is 0. The van der Waals surface area contributed by atoms with E-state index in [9.17, 15) is 0 Å². The molecular weight excluding hydrogens is 176 g/mol. The lowest BCUT2D eigenvalue weighted by molar-refractivity contribution is 0.468. The van der Waals surface area contributed by atoms with E-state index in [0.717, 1.165) is 30.8 Å². The van der Waals surface area contributed by atoms with Gasteiger partial charge in [0, 0.05) is 12.8 Å². The molecule has 2 aromatic heterocycles. The van der Waals surface area contributed by atoms with Crippen LogP contribution in [-0.4, -0.2) is 0 Å². The summed E-state index contributed by atoms with van der Waals surface area (Å²) < 4.78 is 10.6. The Hall–Kier alpha value is -1.44. The Morgan fingerprint density at radius 3 is 2.57 bits per heavy atom. The molecular formula is C12H14O2. The van der Waals surface area contributed by atoms with Crippen LogP contribution in [0.4, 0.5) is 0 Å². The van der Waals surface area contributed by atoms with E-state index in [-0.39, 0.29) is 0 Å². The molecule has 2 heterocycles. The van der Waals surface area contributed by atoms with Gasteiger partial charge in [-0.15, -0.1) is 0 Å². The fraction of sp³-hybridized carbons (Fsp3) is 0.333. The van der Waals surface area contributed by atoms with Crippen molar-refractivity contribution in [2.45, 2.75) is 26.2 Å². The highest BCUT2D eigenvalue weighted by atomic mass is 16.3. The van der Waals surface area contributed by atoms with Crippen LogP contribution in [0.25, 0.3) is 0 Å². The van der Waals surface area contributed by atoms with Crippen molar-refractivity contribution < 1.29 is 8.83 Å². The minimum atomic E-state index is 0.944. The Bertz CT molecular complexity index is 371. The number of aryl methyl sites for hydroxylation is 3. The zero-order chi connectivity index (χ0) is 9.80. The second-order valence-corrected chi connectivity index (χ2v) is 3.35. The van der Waals surface area contributed by atoms with Crippen LogP contribution in [0.15, 0.2) is 39.6 Å². The first-order chi connectivity index (χ1) is 6.88. The SMILES string of the molecule is CCc1ccc(CCc2ccoc2)o1. The van der Waals surface area contributed by atoms with Crippen molar-refractivity contribution in [3.8, 4) is 0 Å². The van der Waals surface area contributed by atoms with Crippen molar-refractivity contribution in [3.63, 3.8) is 0 Å². The molecule has 0 aromatic carbocycles. The summed E-state index contributed by atoms with van der Waals surface area (Å²) in [7, 11) is 0. The van der Waals surface area contributed by atoms with E-state index < -0.39 is 0 Å². The van der Waals surface area contributed by atoms with Gasteiger partial charge in [-0.2, -0.15) is 0 Å². The monoisotopic (exact) mass is 190 g/mol. The predicted molar refractivity (Wildman–Crippen MR) is 54.2 cm³/mol. The van der Waals surface area contributed by atoms with Gasteiger partial charge in [0.1, 0.15) is 11.5 Å². The van der Waals surface area contributed by atoms with E-state index in [0.29, 0.717) is 0 Å². The summed E-state index contributed by atoms with van der Waals surface area (Å²) in [5, 5.41) is 0. The van der Waals surface area contributed by atoms with Gasteiger partial charge in [0.15, 0.2) is 0 Å². The van der Waals surface area contributed by atoms with Gasteiger partial charge in [-0.1, -0.05) is 6.92 Å². The highest BCUT2D eigenvalue weighted by Crippen LogP contribution is 2.12. The van der Waals surface area contributed by atoms with Gasteiger partial charge in [-0.3, -0.25) is 0 Å². The van der Waals surface area contributed by atoms with Gasteiger partial charge in [-0.25, -0.2) is 0 Å². The molecule has 0 atom stereocenters. The van der Waals surface area contributed by atoms with Crippen molar-refractivity contribution in [2.75, 3.05) is 0 Å². The lowest BCUT2D eigenvalue weighted by Gasteiger charge is -1.94. The van der Waals surface area contributed by atoms with Crippen LogP contribution in [0.1, 0.15) is 24.0 Å². The van der Waals surface area contributed by atoms with Crippen LogP contribution in [0, 0.1) is 0 Å². The Labute approximate surface area is 83.5 Å². The molecule has 2 rings (SSSR count). The third-order valence-electron chi connectivity index (χ3n) is 2.31. The fourth-order valence-corrected chi connectivity index (χ4v) is 1.45. The van der Waals surface area contributed by atoms with Gasteiger partial charge in [0.2, 0.25) is 0 Å². The van der Waals surface area contributed by atoms with Gasteiger partial charge >= 0.3 is 0 Å². The van der Waals surface area contributed by atoms with Gasteiger partial charge in [0.25, 0.3) is 0 Å². The molecule has 0 unspecified atom stereocenters. The van der Waals surface area contributed by atoms with Crippen LogP contribution < -0.4 is 0 Å². The highest BCUT2D eigenvalue weighted by Gasteiger charge is 2.01. The Balaban J connectivity index is 1.92. The topological polar surface area (TPSA) is 26.3 Å². The van der Waals surface area contributed by atoms with E-state index in [1.54, 1.807) is 12.5 Å². The largest absolute Gasteiger partial charge is 0.472 e. The van der Waals surface area contributed by atoms with Gasteiger partial charge < -0.3 is 8.83 Å². The molecule has 2 aromatic rings. The molecule has 0 fully saturated rings. The van der Waals surface area contributed by atoms with Crippen LogP contribution in [0.2, 0.25) is 0 Å². The molecule has 0 N–H and O–H groups in total. The van der Waals surface area contributed by atoms with E-state index in [1.807, 2.05) is 12.1 Å². The van der Waals surface area contributed by atoms with E-state index in [2.05, 4.69) is 13.0 Å². The molecule has 74 valence electrons. The summed E-state index contributed by atoms with van der Waals surface area (Å²) in [6.45, 7) is 2.10. The Morgan fingerprint density at radius 2 is 1.93 bits per heavy atom. The molecule has 0 bridgehead atoms. The van der Waals surface area contributed by atoms with Crippen LogP contribution >= 0.6 is 0 Å². The van der Waals surface area contributed by atoms with Crippen molar-refractivity contribution in [2.24, 2.45) is 0 Å². The Kier molecular flexibility index (Phi) is 2.73. The molecule has 0 aliphatic heterocycles.